The van der Waals surface area contributed by atoms with E-state index in [1.54, 1.807) is 18.2 Å². The molecule has 3 aromatic rings. The fraction of sp³-hybridized carbons (Fsp3) is 0.300. The molecule has 6 heteroatoms. The minimum absolute atomic E-state index is 0.0618. The van der Waals surface area contributed by atoms with Crippen molar-refractivity contribution in [3.05, 3.63) is 47.5 Å². The highest BCUT2D eigenvalue weighted by molar-refractivity contribution is 6.30. The summed E-state index contributed by atoms with van der Waals surface area (Å²) in [5.74, 6) is 1.22. The summed E-state index contributed by atoms with van der Waals surface area (Å²) in [5.41, 5.74) is 7.48. The Bertz CT molecular complexity index is 900. The van der Waals surface area contributed by atoms with E-state index in [4.69, 9.17) is 17.3 Å². The number of hydrogen-bond acceptors (Lipinski definition) is 5. The molecule has 1 atom stereocenters. The molecule has 0 bridgehead atoms. The normalized spacial score (nSPS) is 12.3. The summed E-state index contributed by atoms with van der Waals surface area (Å²) in [6.45, 7) is 2.78. The minimum atomic E-state index is 0.0618. The number of para-hydroxylation sites is 1. The number of unbranched alkanes of at least 4 members (excludes halogenated alkanes) is 1. The number of benzene rings is 2. The number of halogens is 1. The van der Waals surface area contributed by atoms with Crippen LogP contribution in [0.4, 0.5) is 5.82 Å². The van der Waals surface area contributed by atoms with E-state index in [2.05, 4.69) is 22.2 Å². The van der Waals surface area contributed by atoms with Gasteiger partial charge in [-0.05, 0) is 36.8 Å². The zero-order chi connectivity index (χ0) is 18.5. The predicted molar refractivity (Wildman–Crippen MR) is 108 cm³/mol. The van der Waals surface area contributed by atoms with Crippen LogP contribution in [0.2, 0.25) is 5.02 Å². The Morgan fingerprint density at radius 3 is 2.81 bits per heavy atom. The Balaban J connectivity index is 1.97. The van der Waals surface area contributed by atoms with Crippen LogP contribution in [0.3, 0.4) is 0 Å². The van der Waals surface area contributed by atoms with Gasteiger partial charge < -0.3 is 16.2 Å². The molecule has 2 aromatic carbocycles. The van der Waals surface area contributed by atoms with Crippen LogP contribution in [0.15, 0.2) is 42.5 Å². The average molecular weight is 371 g/mol. The van der Waals surface area contributed by atoms with Crippen molar-refractivity contribution in [3.63, 3.8) is 0 Å². The fourth-order valence-corrected chi connectivity index (χ4v) is 2.99. The van der Waals surface area contributed by atoms with E-state index in [1.807, 2.05) is 24.3 Å². The summed E-state index contributed by atoms with van der Waals surface area (Å²) in [6, 6.07) is 12.7. The van der Waals surface area contributed by atoms with E-state index in [9.17, 15) is 5.11 Å². The number of rotatable bonds is 7. The first kappa shape index (κ1) is 18.4. The maximum absolute atomic E-state index is 10.2. The molecule has 4 N–H and O–H groups in total. The molecule has 1 aromatic heterocycles. The molecule has 136 valence electrons. The van der Waals surface area contributed by atoms with Crippen molar-refractivity contribution in [3.8, 4) is 17.1 Å². The third-order valence-corrected chi connectivity index (χ3v) is 4.50. The van der Waals surface area contributed by atoms with E-state index >= 15 is 0 Å². The SMILES string of the molecule is CCCCC(N)CNc1nc(-c2cc(Cl)ccc2O)nc2ccccc12. The van der Waals surface area contributed by atoms with Crippen molar-refractivity contribution in [1.82, 2.24) is 9.97 Å². The fourth-order valence-electron chi connectivity index (χ4n) is 2.82. The van der Waals surface area contributed by atoms with Crippen molar-refractivity contribution >= 4 is 28.3 Å². The standard InChI is InChI=1S/C20H23ClN4O/c1-2-3-6-14(22)12-23-19-15-7-4-5-8-17(15)24-20(25-19)16-11-13(21)9-10-18(16)26/h4-5,7-11,14,26H,2-3,6,12,22H2,1H3,(H,23,24,25). The molecule has 0 saturated carbocycles. The molecular formula is C20H23ClN4O. The van der Waals surface area contributed by atoms with Gasteiger partial charge >= 0.3 is 0 Å². The molecule has 3 rings (SSSR count). The molecule has 0 aliphatic heterocycles. The number of fused-ring (bicyclic) bond motifs is 1. The predicted octanol–water partition coefficient (Wildman–Crippen LogP) is 4.59. The molecule has 1 unspecified atom stereocenters. The van der Waals surface area contributed by atoms with Crippen molar-refractivity contribution in [2.24, 2.45) is 5.73 Å². The number of aromatic hydroxyl groups is 1. The zero-order valence-electron chi connectivity index (χ0n) is 14.7. The van der Waals surface area contributed by atoms with Crippen molar-refractivity contribution in [2.75, 3.05) is 11.9 Å². The number of phenolic OH excluding ortho intramolecular Hbond substituents is 1. The van der Waals surface area contributed by atoms with E-state index in [0.717, 1.165) is 30.2 Å². The van der Waals surface area contributed by atoms with Crippen molar-refractivity contribution in [1.29, 1.82) is 0 Å². The first-order chi connectivity index (χ1) is 12.6. The third-order valence-electron chi connectivity index (χ3n) is 4.26. The van der Waals surface area contributed by atoms with E-state index in [1.165, 1.54) is 0 Å². The zero-order valence-corrected chi connectivity index (χ0v) is 15.5. The van der Waals surface area contributed by atoms with Crippen LogP contribution in [0.25, 0.3) is 22.3 Å². The maximum atomic E-state index is 10.2. The van der Waals surface area contributed by atoms with Gasteiger partial charge in [0.15, 0.2) is 5.82 Å². The average Bonchev–Trinajstić information content (AvgIpc) is 2.66. The van der Waals surface area contributed by atoms with Gasteiger partial charge in [-0.3, -0.25) is 0 Å². The monoisotopic (exact) mass is 370 g/mol. The molecule has 0 radical (unpaired) electrons. The van der Waals surface area contributed by atoms with Gasteiger partial charge in [-0.25, -0.2) is 9.97 Å². The van der Waals surface area contributed by atoms with Crippen LogP contribution >= 0.6 is 11.6 Å². The van der Waals surface area contributed by atoms with Crippen LogP contribution in [-0.2, 0) is 0 Å². The Morgan fingerprint density at radius 1 is 1.19 bits per heavy atom. The molecule has 0 saturated heterocycles. The van der Waals surface area contributed by atoms with E-state index in [-0.39, 0.29) is 11.8 Å². The number of anilines is 1. The van der Waals surface area contributed by atoms with E-state index in [0.29, 0.717) is 28.8 Å². The van der Waals surface area contributed by atoms with Crippen LogP contribution in [0, 0.1) is 0 Å². The Labute approximate surface area is 158 Å². The van der Waals surface area contributed by atoms with E-state index < -0.39 is 0 Å². The van der Waals surface area contributed by atoms with Crippen LogP contribution < -0.4 is 11.1 Å². The summed E-state index contributed by atoms with van der Waals surface area (Å²) in [6.07, 6.45) is 3.20. The summed E-state index contributed by atoms with van der Waals surface area (Å²) >= 11 is 6.08. The second-order valence-electron chi connectivity index (χ2n) is 6.36. The van der Waals surface area contributed by atoms with Crippen LogP contribution in [0.1, 0.15) is 26.2 Å². The second-order valence-corrected chi connectivity index (χ2v) is 6.79. The lowest BCUT2D eigenvalue weighted by molar-refractivity contribution is 0.477. The van der Waals surface area contributed by atoms with Gasteiger partial charge in [0.05, 0.1) is 11.1 Å². The topological polar surface area (TPSA) is 84.1 Å². The molecule has 0 aliphatic carbocycles. The van der Waals surface area contributed by atoms with Crippen LogP contribution in [-0.4, -0.2) is 27.7 Å². The number of nitrogens with zero attached hydrogens (tertiary/aromatic N) is 2. The lowest BCUT2D eigenvalue weighted by Gasteiger charge is -2.15. The highest BCUT2D eigenvalue weighted by Crippen LogP contribution is 2.32. The molecule has 0 fully saturated rings. The lowest BCUT2D eigenvalue weighted by atomic mass is 10.1. The molecule has 1 heterocycles. The highest BCUT2D eigenvalue weighted by atomic mass is 35.5. The number of phenols is 1. The number of hydrogen-bond donors (Lipinski definition) is 3. The van der Waals surface area contributed by atoms with Gasteiger partial charge in [-0.15, -0.1) is 0 Å². The number of nitrogens with one attached hydrogen (secondary N) is 1. The smallest absolute Gasteiger partial charge is 0.165 e. The molecule has 5 nitrogen and oxygen atoms in total. The summed E-state index contributed by atoms with van der Waals surface area (Å²) in [7, 11) is 0. The number of nitrogens with two attached hydrogens (primary N) is 1. The molecule has 0 amide bonds. The largest absolute Gasteiger partial charge is 0.507 e. The quantitative estimate of drug-likeness (QED) is 0.566. The highest BCUT2D eigenvalue weighted by Gasteiger charge is 2.13. The third kappa shape index (κ3) is 4.23. The van der Waals surface area contributed by atoms with Crippen molar-refractivity contribution in [2.45, 2.75) is 32.2 Å². The molecule has 0 aliphatic rings. The van der Waals surface area contributed by atoms with Gasteiger partial charge in [0.1, 0.15) is 11.6 Å². The van der Waals surface area contributed by atoms with Gasteiger partial charge in [0.2, 0.25) is 0 Å². The molecular weight excluding hydrogens is 348 g/mol. The van der Waals surface area contributed by atoms with Gasteiger partial charge in [-0.2, -0.15) is 0 Å². The maximum Gasteiger partial charge on any atom is 0.165 e. The first-order valence-corrected chi connectivity index (χ1v) is 9.21. The number of aromatic nitrogens is 2. The molecule has 0 spiro atoms. The Kier molecular flexibility index (Phi) is 5.91. The lowest BCUT2D eigenvalue weighted by Crippen LogP contribution is -2.29. The Hall–Kier alpha value is -2.37. The minimum Gasteiger partial charge on any atom is -0.507 e. The first-order valence-electron chi connectivity index (χ1n) is 8.83. The summed E-state index contributed by atoms with van der Waals surface area (Å²) in [5, 5.41) is 15.0. The van der Waals surface area contributed by atoms with Crippen molar-refractivity contribution < 1.29 is 5.11 Å². The second kappa shape index (κ2) is 8.34. The summed E-state index contributed by atoms with van der Waals surface area (Å²) in [4.78, 5) is 9.21. The molecule has 26 heavy (non-hydrogen) atoms. The summed E-state index contributed by atoms with van der Waals surface area (Å²) < 4.78 is 0. The van der Waals surface area contributed by atoms with Gasteiger partial charge in [0.25, 0.3) is 0 Å². The van der Waals surface area contributed by atoms with Gasteiger partial charge in [0, 0.05) is 23.0 Å². The van der Waals surface area contributed by atoms with Crippen LogP contribution in [0.5, 0.6) is 5.75 Å². The van der Waals surface area contributed by atoms with Gasteiger partial charge in [-0.1, -0.05) is 43.5 Å². The Morgan fingerprint density at radius 2 is 2.00 bits per heavy atom.